The quantitative estimate of drug-likeness (QED) is 0.436. The minimum absolute atomic E-state index is 0. The van der Waals surface area contributed by atoms with Crippen LogP contribution in [0.1, 0.15) is 0 Å². The molecule has 1 aromatic carbocycles. The summed E-state index contributed by atoms with van der Waals surface area (Å²) in [5.74, 6) is -0.299. The van der Waals surface area contributed by atoms with Crippen molar-refractivity contribution in [2.75, 3.05) is 0 Å². The van der Waals surface area contributed by atoms with Crippen LogP contribution in [0.4, 0.5) is 0 Å². The topological polar surface area (TPSA) is 113 Å². The molecule has 0 saturated heterocycles. The van der Waals surface area contributed by atoms with Gasteiger partial charge in [0.1, 0.15) is 10.6 Å². The van der Waals surface area contributed by atoms with Crippen molar-refractivity contribution in [1.82, 2.24) is 0 Å². The van der Waals surface area contributed by atoms with Crippen LogP contribution < -0.4 is 19.2 Å². The third-order valence-electron chi connectivity index (χ3n) is 1.58. The maximum atomic E-state index is 11.3. The van der Waals surface area contributed by atoms with E-state index in [1.165, 1.54) is 24.3 Å². The van der Waals surface area contributed by atoms with E-state index in [-0.39, 0.29) is 27.8 Å². The maximum absolute atomic E-state index is 11.3. The predicted molar refractivity (Wildman–Crippen MR) is 56.9 cm³/mol. The van der Waals surface area contributed by atoms with E-state index in [1.54, 1.807) is 0 Å². The van der Waals surface area contributed by atoms with Crippen LogP contribution in [0.15, 0.2) is 24.3 Å². The fourth-order valence-corrected chi connectivity index (χ4v) is 3.27. The number of halogens is 2. The Morgan fingerprint density at radius 2 is 1.67 bits per heavy atom. The van der Waals surface area contributed by atoms with Gasteiger partial charge in [-0.3, -0.25) is 4.57 Å². The smallest absolute Gasteiger partial charge is 0.809 e. The Labute approximate surface area is 123 Å². The minimum atomic E-state index is -5.51. The molecular formula is C7H5Cl2FeO6P2. The molecule has 1 aromatic rings. The van der Waals surface area contributed by atoms with Gasteiger partial charge < -0.3 is 23.8 Å². The van der Waals surface area contributed by atoms with Crippen molar-refractivity contribution >= 4 is 38.4 Å². The van der Waals surface area contributed by atoms with Gasteiger partial charge in [-0.1, -0.05) is 23.7 Å². The van der Waals surface area contributed by atoms with Crippen molar-refractivity contribution in [3.8, 4) is 5.75 Å². The third-order valence-corrected chi connectivity index (χ3v) is 6.52. The average Bonchev–Trinajstić information content (AvgIpc) is 2.19. The number of hydrogen-bond donors (Lipinski definition) is 0. The number of alkyl halides is 1. The summed E-state index contributed by atoms with van der Waals surface area (Å²) in [5, 5.41) is -0.0564. The second-order valence-corrected chi connectivity index (χ2v) is 8.15. The van der Waals surface area contributed by atoms with Crippen LogP contribution in [0.25, 0.3) is 0 Å². The van der Waals surface area contributed by atoms with E-state index in [9.17, 15) is 23.8 Å². The van der Waals surface area contributed by atoms with Gasteiger partial charge in [-0.05, 0) is 19.7 Å². The standard InChI is InChI=1S/C7H8Cl2O6P2.Fe/c8-5-3-1-2-4-6(5)15-17(13,14)7(9)16(10,11)12;/h1-4,7H,(H,13,14)(H2,10,11,12);/q;+3/p-3. The van der Waals surface area contributed by atoms with E-state index in [4.69, 9.17) is 23.2 Å². The Balaban J connectivity index is 0.00000289. The summed E-state index contributed by atoms with van der Waals surface area (Å²) in [6.07, 6.45) is 0. The molecule has 0 amide bonds. The Bertz CT molecular complexity index is 506. The first-order valence-electron chi connectivity index (χ1n) is 4.05. The van der Waals surface area contributed by atoms with Crippen molar-refractivity contribution in [3.63, 3.8) is 0 Å². The molecule has 0 heterocycles. The van der Waals surface area contributed by atoms with Crippen molar-refractivity contribution in [2.24, 2.45) is 0 Å². The van der Waals surface area contributed by atoms with Crippen LogP contribution in [-0.4, -0.2) is 4.86 Å². The molecule has 101 valence electrons. The molecule has 0 aliphatic carbocycles. The van der Waals surface area contributed by atoms with E-state index in [0.717, 1.165) is 0 Å². The first kappa shape index (κ1) is 18.5. The van der Waals surface area contributed by atoms with Gasteiger partial charge in [0.2, 0.25) is 7.60 Å². The first-order valence-corrected chi connectivity index (χ1v) is 8.09. The summed E-state index contributed by atoms with van der Waals surface area (Å²) in [6, 6.07) is 5.44. The number of para-hydroxylation sites is 1. The summed E-state index contributed by atoms with van der Waals surface area (Å²) in [4.78, 5) is 29.7. The summed E-state index contributed by atoms with van der Waals surface area (Å²) >= 11 is 10.6. The monoisotopic (exact) mass is 373 g/mol. The summed E-state index contributed by atoms with van der Waals surface area (Å²) in [5.41, 5.74) is 0. The number of hydrogen-bond acceptors (Lipinski definition) is 6. The van der Waals surface area contributed by atoms with E-state index < -0.39 is 20.1 Å². The van der Waals surface area contributed by atoms with Crippen LogP contribution in [-0.2, 0) is 26.2 Å². The van der Waals surface area contributed by atoms with Crippen molar-refractivity contribution in [3.05, 3.63) is 29.3 Å². The SMILES string of the molecule is O=P([O-])([O-])C(Cl)P(=O)([O-])Oc1ccccc1Cl.[Fe+3]. The van der Waals surface area contributed by atoms with Gasteiger partial charge in [-0.2, -0.15) is 0 Å². The fraction of sp³-hybridized carbons (Fsp3) is 0.143. The van der Waals surface area contributed by atoms with Crippen molar-refractivity contribution in [1.29, 1.82) is 0 Å². The summed E-state index contributed by atoms with van der Waals surface area (Å²) in [7, 11) is -10.6. The second kappa shape index (κ2) is 6.76. The molecule has 0 aliphatic heterocycles. The van der Waals surface area contributed by atoms with Crippen molar-refractivity contribution < 1.29 is 45.4 Å². The van der Waals surface area contributed by atoms with Crippen LogP contribution in [0, 0.1) is 0 Å². The normalized spacial score (nSPS) is 16.3. The Morgan fingerprint density at radius 3 is 2.11 bits per heavy atom. The zero-order valence-corrected chi connectivity index (χ0v) is 12.7. The zero-order chi connectivity index (χ0) is 13.3. The van der Waals surface area contributed by atoms with Gasteiger partial charge in [0.15, 0.2) is 0 Å². The molecule has 0 bridgehead atoms. The first-order chi connectivity index (χ1) is 7.64. The van der Waals surface area contributed by atoms with E-state index >= 15 is 0 Å². The average molecular weight is 374 g/mol. The fourth-order valence-electron chi connectivity index (χ4n) is 0.873. The maximum Gasteiger partial charge on any atom is 3.00 e. The molecule has 0 spiro atoms. The van der Waals surface area contributed by atoms with E-state index in [0.29, 0.717) is 0 Å². The molecule has 1 rings (SSSR count). The molecule has 2 unspecified atom stereocenters. The van der Waals surface area contributed by atoms with E-state index in [1.807, 2.05) is 0 Å². The number of rotatable bonds is 4. The van der Waals surface area contributed by atoms with Gasteiger partial charge in [-0.15, -0.1) is 11.6 Å². The molecule has 0 fully saturated rings. The molecule has 1 radical (unpaired) electrons. The van der Waals surface area contributed by atoms with Gasteiger partial charge in [0.25, 0.3) is 0 Å². The summed E-state index contributed by atoms with van der Waals surface area (Å²) < 4.78 is 26.2. The van der Waals surface area contributed by atoms with Crippen LogP contribution in [0.5, 0.6) is 5.75 Å². The van der Waals surface area contributed by atoms with Crippen molar-refractivity contribution in [2.45, 2.75) is 4.86 Å². The van der Waals surface area contributed by atoms with Crippen LogP contribution in [0.3, 0.4) is 0 Å². The van der Waals surface area contributed by atoms with Crippen LogP contribution >= 0.6 is 38.4 Å². The number of benzene rings is 1. The Kier molecular flexibility index (Phi) is 6.93. The zero-order valence-electron chi connectivity index (χ0n) is 8.34. The molecule has 11 heteroatoms. The third kappa shape index (κ3) is 4.86. The van der Waals surface area contributed by atoms with Gasteiger partial charge in [0.05, 0.1) is 5.02 Å². The molecular weight excluding hydrogens is 369 g/mol. The van der Waals surface area contributed by atoms with E-state index in [2.05, 4.69) is 4.52 Å². The van der Waals surface area contributed by atoms with Gasteiger partial charge >= 0.3 is 17.1 Å². The van der Waals surface area contributed by atoms with Gasteiger partial charge in [0, 0.05) is 0 Å². The Morgan fingerprint density at radius 1 is 1.17 bits per heavy atom. The molecule has 6 nitrogen and oxygen atoms in total. The molecule has 0 aliphatic rings. The minimum Gasteiger partial charge on any atom is -0.809 e. The summed E-state index contributed by atoms with van der Waals surface area (Å²) in [6.45, 7) is 0. The molecule has 18 heavy (non-hydrogen) atoms. The van der Waals surface area contributed by atoms with Gasteiger partial charge in [-0.25, -0.2) is 0 Å². The molecule has 0 aromatic heterocycles. The molecule has 0 saturated carbocycles. The molecule has 2 atom stereocenters. The second-order valence-electron chi connectivity index (χ2n) is 2.91. The molecule has 0 N–H and O–H groups in total. The Hall–Kier alpha value is 0.459. The largest absolute Gasteiger partial charge is 3.00 e. The van der Waals surface area contributed by atoms with Crippen LogP contribution in [0.2, 0.25) is 5.02 Å². The predicted octanol–water partition coefficient (Wildman–Crippen LogP) is 0.706.